The van der Waals surface area contributed by atoms with E-state index in [9.17, 15) is 14.8 Å². The van der Waals surface area contributed by atoms with E-state index >= 15 is 4.39 Å². The number of nitrogens with one attached hydrogen (secondary N) is 1. The maximum atomic E-state index is 15.0. The van der Waals surface area contributed by atoms with Gasteiger partial charge in [0.15, 0.2) is 0 Å². The van der Waals surface area contributed by atoms with Crippen LogP contribution < -0.4 is 15.1 Å². The zero-order valence-electron chi connectivity index (χ0n) is 25.7. The van der Waals surface area contributed by atoms with Gasteiger partial charge in [0.05, 0.1) is 23.5 Å². The Hall–Kier alpha value is -3.92. The molecule has 0 spiro atoms. The second-order valence-corrected chi connectivity index (χ2v) is 13.5. The number of aromatic nitrogens is 1. The molecule has 0 saturated carbocycles. The van der Waals surface area contributed by atoms with E-state index in [1.807, 2.05) is 6.92 Å². The van der Waals surface area contributed by atoms with E-state index in [4.69, 9.17) is 4.98 Å². The Balaban J connectivity index is 1.26. The van der Waals surface area contributed by atoms with Crippen LogP contribution in [0.4, 0.5) is 20.2 Å². The Kier molecular flexibility index (Phi) is 6.89. The number of phenolic OH excluding ortho intramolecular Hbond substituents is 1. The van der Waals surface area contributed by atoms with Crippen LogP contribution in [0.2, 0.25) is 0 Å². The monoisotopic (exact) mass is 608 g/mol. The Morgan fingerprint density at radius 3 is 2.73 bits per heavy atom. The third kappa shape index (κ3) is 4.71. The lowest BCUT2D eigenvalue weighted by atomic mass is 9.92. The summed E-state index contributed by atoms with van der Waals surface area (Å²) in [5.74, 6) is 6.67. The second kappa shape index (κ2) is 10.9. The van der Waals surface area contributed by atoms with Crippen LogP contribution in [0.5, 0.6) is 5.75 Å². The minimum atomic E-state index is -0.887. The molecular formula is C36H38F2N6O. The van der Waals surface area contributed by atoms with Crippen LogP contribution >= 0.6 is 0 Å². The molecular weight excluding hydrogens is 570 g/mol. The largest absolute Gasteiger partial charge is 0.508 e. The van der Waals surface area contributed by atoms with Crippen LogP contribution in [-0.4, -0.2) is 71.5 Å². The highest BCUT2D eigenvalue weighted by molar-refractivity contribution is 5.98. The number of nitriles is 1. The minimum absolute atomic E-state index is 0.136. The van der Waals surface area contributed by atoms with Gasteiger partial charge in [-0.15, -0.1) is 0 Å². The van der Waals surface area contributed by atoms with Gasteiger partial charge in [0.2, 0.25) is 0 Å². The van der Waals surface area contributed by atoms with Crippen molar-refractivity contribution in [2.24, 2.45) is 0 Å². The number of aromatic hydroxyl groups is 1. The fourth-order valence-corrected chi connectivity index (χ4v) is 8.83. The first-order valence-corrected chi connectivity index (χ1v) is 16.4. The number of aryl methyl sites for hydroxylation is 1. The lowest BCUT2D eigenvalue weighted by Gasteiger charge is -2.39. The van der Waals surface area contributed by atoms with Crippen LogP contribution in [0, 0.1) is 29.0 Å². The van der Waals surface area contributed by atoms with Crippen molar-refractivity contribution in [1.82, 2.24) is 15.2 Å². The molecule has 6 heterocycles. The average Bonchev–Trinajstić information content (AvgIpc) is 3.68. The Bertz CT molecular complexity index is 1800. The van der Waals surface area contributed by atoms with E-state index in [1.165, 1.54) is 6.07 Å². The third-order valence-electron chi connectivity index (χ3n) is 10.8. The van der Waals surface area contributed by atoms with Crippen molar-refractivity contribution < 1.29 is 13.9 Å². The average molecular weight is 609 g/mol. The molecule has 0 amide bonds. The Morgan fingerprint density at radius 2 is 1.96 bits per heavy atom. The van der Waals surface area contributed by atoms with E-state index in [1.54, 1.807) is 18.2 Å². The Labute approximate surface area is 262 Å². The summed E-state index contributed by atoms with van der Waals surface area (Å²) in [7, 11) is 0. The first kappa shape index (κ1) is 28.5. The highest BCUT2D eigenvalue weighted by atomic mass is 19.1. The molecule has 232 valence electrons. The van der Waals surface area contributed by atoms with E-state index in [-0.39, 0.29) is 11.6 Å². The maximum Gasteiger partial charge on any atom is 0.133 e. The van der Waals surface area contributed by atoms with Crippen molar-refractivity contribution in [3.8, 4) is 23.7 Å². The number of pyridine rings is 1. The molecule has 7 nitrogen and oxygen atoms in total. The van der Waals surface area contributed by atoms with Crippen molar-refractivity contribution in [2.45, 2.75) is 82.2 Å². The van der Waals surface area contributed by atoms with Crippen molar-refractivity contribution >= 4 is 22.1 Å². The molecule has 1 aromatic heterocycles. The molecule has 3 unspecified atom stereocenters. The summed E-state index contributed by atoms with van der Waals surface area (Å²) < 4.78 is 29.6. The van der Waals surface area contributed by atoms with Gasteiger partial charge in [0, 0.05) is 67.4 Å². The number of alkyl halides is 1. The fourth-order valence-electron chi connectivity index (χ4n) is 8.83. The molecule has 8 rings (SSSR count). The number of piperazine rings is 1. The quantitative estimate of drug-likeness (QED) is 0.408. The highest BCUT2D eigenvalue weighted by Gasteiger charge is 2.48. The predicted molar refractivity (Wildman–Crippen MR) is 171 cm³/mol. The van der Waals surface area contributed by atoms with Gasteiger partial charge in [-0.3, -0.25) is 4.90 Å². The molecule has 4 fully saturated rings. The van der Waals surface area contributed by atoms with E-state index in [0.29, 0.717) is 67.8 Å². The summed E-state index contributed by atoms with van der Waals surface area (Å²) in [4.78, 5) is 11.8. The van der Waals surface area contributed by atoms with Crippen molar-refractivity contribution in [1.29, 1.82) is 5.26 Å². The minimum Gasteiger partial charge on any atom is -0.508 e. The second-order valence-electron chi connectivity index (χ2n) is 13.5. The fraction of sp³-hybridized carbons (Fsp3) is 0.500. The third-order valence-corrected chi connectivity index (χ3v) is 10.8. The van der Waals surface area contributed by atoms with Crippen LogP contribution in [0.15, 0.2) is 24.3 Å². The molecule has 4 atom stereocenters. The van der Waals surface area contributed by atoms with Gasteiger partial charge in [-0.25, -0.2) is 13.8 Å². The van der Waals surface area contributed by atoms with E-state index in [0.717, 1.165) is 78.7 Å². The number of nitrogens with zero attached hydrogens (tertiary/aromatic N) is 5. The van der Waals surface area contributed by atoms with Gasteiger partial charge in [-0.1, -0.05) is 18.9 Å². The normalized spacial score (nSPS) is 27.3. The molecule has 5 aliphatic rings. The molecule has 2 aromatic carbocycles. The van der Waals surface area contributed by atoms with Gasteiger partial charge in [0.1, 0.15) is 35.1 Å². The zero-order chi connectivity index (χ0) is 30.9. The number of halogens is 2. The highest BCUT2D eigenvalue weighted by Crippen LogP contribution is 2.42. The van der Waals surface area contributed by atoms with Crippen LogP contribution in [-0.2, 0) is 19.4 Å². The smallest absolute Gasteiger partial charge is 0.133 e. The molecule has 2 bridgehead atoms. The number of fused-ring (bicyclic) bond motifs is 5. The standard InChI is InChI=1S/C36H38F2N6O/c1-2-27-30(38)7-4-22-14-26(45)15-33(34(22)27)42-13-9-28-32(21-42)41-31(8-11-36-10-3-12-44(36)18-23(37)16-36)29(17-39)35(28)43-19-24-5-6-25(20-43)40-24/h4,7,14-15,23-25,40,45H,2-3,5-6,9-10,12-13,16,18-21H2,1H3/t23-,24?,25?,36?/m1/s1. The lowest BCUT2D eigenvalue weighted by Crippen LogP contribution is -2.52. The number of benzene rings is 2. The summed E-state index contributed by atoms with van der Waals surface area (Å²) in [6.07, 6.45) is 4.78. The summed E-state index contributed by atoms with van der Waals surface area (Å²) in [6.45, 7) is 5.96. The van der Waals surface area contributed by atoms with Crippen molar-refractivity contribution in [2.75, 3.05) is 42.5 Å². The molecule has 0 radical (unpaired) electrons. The number of phenols is 1. The molecule has 45 heavy (non-hydrogen) atoms. The summed E-state index contributed by atoms with van der Waals surface area (Å²) in [6, 6.07) is 9.89. The summed E-state index contributed by atoms with van der Waals surface area (Å²) in [5, 5.41) is 26.6. The molecule has 2 N–H and O–H groups in total. The van der Waals surface area contributed by atoms with Gasteiger partial charge in [-0.2, -0.15) is 5.26 Å². The topological polar surface area (TPSA) is 78.7 Å². The number of rotatable bonds is 3. The van der Waals surface area contributed by atoms with Crippen molar-refractivity contribution in [3.05, 3.63) is 58.2 Å². The van der Waals surface area contributed by atoms with E-state index in [2.05, 4.69) is 37.9 Å². The molecule has 0 aliphatic carbocycles. The number of hydrogen-bond acceptors (Lipinski definition) is 7. The van der Waals surface area contributed by atoms with Crippen LogP contribution in [0.3, 0.4) is 0 Å². The van der Waals surface area contributed by atoms with Gasteiger partial charge in [-0.05, 0) is 74.1 Å². The zero-order valence-corrected chi connectivity index (χ0v) is 25.7. The summed E-state index contributed by atoms with van der Waals surface area (Å²) in [5.41, 5.74) is 4.78. The first-order chi connectivity index (χ1) is 21.9. The number of hydrogen-bond donors (Lipinski definition) is 2. The molecule has 5 aliphatic heterocycles. The van der Waals surface area contributed by atoms with Gasteiger partial charge >= 0.3 is 0 Å². The van der Waals surface area contributed by atoms with Gasteiger partial charge < -0.3 is 20.2 Å². The van der Waals surface area contributed by atoms with Gasteiger partial charge in [0.25, 0.3) is 0 Å². The van der Waals surface area contributed by atoms with Crippen molar-refractivity contribution in [3.63, 3.8) is 0 Å². The molecule has 9 heteroatoms. The molecule has 4 saturated heterocycles. The van der Waals surface area contributed by atoms with Crippen LogP contribution in [0.25, 0.3) is 10.8 Å². The Morgan fingerprint density at radius 1 is 1.13 bits per heavy atom. The maximum absolute atomic E-state index is 15.0. The number of anilines is 2. The first-order valence-electron chi connectivity index (χ1n) is 16.4. The van der Waals surface area contributed by atoms with Crippen LogP contribution in [0.1, 0.15) is 67.1 Å². The molecule has 3 aromatic rings. The SMILES string of the molecule is CCc1c(F)ccc2cc(O)cc(N3CCc4c(nc(C#CC56CCCN5C[C@H](F)C6)c(C#N)c4N4CC5CCC(C4)N5)C3)c12. The van der Waals surface area contributed by atoms with E-state index < -0.39 is 11.7 Å². The predicted octanol–water partition coefficient (Wildman–Crippen LogP) is 4.94. The summed E-state index contributed by atoms with van der Waals surface area (Å²) >= 11 is 0. The lowest BCUT2D eigenvalue weighted by molar-refractivity contribution is 0.255.